The predicted octanol–water partition coefficient (Wildman–Crippen LogP) is 1.22. The van der Waals surface area contributed by atoms with E-state index >= 15 is 0 Å². The second kappa shape index (κ2) is 8.99. The number of nitrogens with two attached hydrogens (primary N) is 1. The van der Waals surface area contributed by atoms with Crippen LogP contribution in [0.15, 0.2) is 38.6 Å². The standard InChI is InChI=1S/C21H26N6O4/c1-4-6-12-27-17(22)16(18(28)23-21(27)31)26(11-5-2)20(30)15-13-9-7-8-10-14(13)19(29)25(3)24-15/h7-10H,4-6,11-12,22H2,1-3H3,(H,23,28,31). The quantitative estimate of drug-likeness (QED) is 0.583. The summed E-state index contributed by atoms with van der Waals surface area (Å²) in [6.07, 6.45) is 2.04. The van der Waals surface area contributed by atoms with Gasteiger partial charge in [0.25, 0.3) is 17.0 Å². The van der Waals surface area contributed by atoms with Gasteiger partial charge in [-0.3, -0.25) is 28.8 Å². The molecule has 0 radical (unpaired) electrons. The first-order valence-electron chi connectivity index (χ1n) is 10.2. The number of amides is 1. The molecule has 0 atom stereocenters. The van der Waals surface area contributed by atoms with E-state index in [1.165, 1.54) is 16.5 Å². The van der Waals surface area contributed by atoms with Crippen LogP contribution in [0.25, 0.3) is 10.8 Å². The Morgan fingerprint density at radius 1 is 1.13 bits per heavy atom. The highest BCUT2D eigenvalue weighted by molar-refractivity contribution is 6.13. The third kappa shape index (κ3) is 4.00. The summed E-state index contributed by atoms with van der Waals surface area (Å²) in [5.41, 5.74) is 4.45. The van der Waals surface area contributed by atoms with E-state index in [4.69, 9.17) is 5.73 Å². The van der Waals surface area contributed by atoms with Gasteiger partial charge < -0.3 is 5.73 Å². The summed E-state index contributed by atoms with van der Waals surface area (Å²) in [7, 11) is 1.46. The van der Waals surface area contributed by atoms with Crippen LogP contribution in [0.1, 0.15) is 43.6 Å². The number of nitrogen functional groups attached to an aromatic ring is 1. The van der Waals surface area contributed by atoms with E-state index in [1.807, 2.05) is 13.8 Å². The molecule has 1 amide bonds. The summed E-state index contributed by atoms with van der Waals surface area (Å²) in [6, 6.07) is 6.66. The second-order valence-electron chi connectivity index (χ2n) is 7.28. The van der Waals surface area contributed by atoms with Crippen molar-refractivity contribution < 1.29 is 4.79 Å². The number of hydrogen-bond acceptors (Lipinski definition) is 6. The van der Waals surface area contributed by atoms with E-state index in [0.29, 0.717) is 30.2 Å². The molecular weight excluding hydrogens is 400 g/mol. The zero-order chi connectivity index (χ0) is 22.7. The summed E-state index contributed by atoms with van der Waals surface area (Å²) in [5.74, 6) is -0.648. The lowest BCUT2D eigenvalue weighted by molar-refractivity contribution is 0.0981. The van der Waals surface area contributed by atoms with Crippen molar-refractivity contribution in [1.29, 1.82) is 0 Å². The molecule has 0 aliphatic heterocycles. The van der Waals surface area contributed by atoms with Gasteiger partial charge in [0.1, 0.15) is 5.82 Å². The molecule has 3 aromatic rings. The van der Waals surface area contributed by atoms with Gasteiger partial charge in [0.05, 0.1) is 5.39 Å². The van der Waals surface area contributed by atoms with E-state index in [1.54, 1.807) is 24.3 Å². The van der Waals surface area contributed by atoms with Crippen molar-refractivity contribution >= 4 is 28.2 Å². The summed E-state index contributed by atoms with van der Waals surface area (Å²) < 4.78 is 2.36. The number of unbranched alkanes of at least 4 members (excludes halogenated alkanes) is 1. The zero-order valence-corrected chi connectivity index (χ0v) is 17.8. The highest BCUT2D eigenvalue weighted by atomic mass is 16.2. The maximum Gasteiger partial charge on any atom is 0.330 e. The van der Waals surface area contributed by atoms with Gasteiger partial charge in [-0.2, -0.15) is 5.10 Å². The maximum atomic E-state index is 13.6. The molecule has 3 N–H and O–H groups in total. The van der Waals surface area contributed by atoms with Crippen LogP contribution in [0.2, 0.25) is 0 Å². The Labute approximate surface area is 177 Å². The van der Waals surface area contributed by atoms with Crippen LogP contribution in [-0.4, -0.2) is 31.8 Å². The lowest BCUT2D eigenvalue weighted by atomic mass is 10.1. The van der Waals surface area contributed by atoms with E-state index in [9.17, 15) is 19.2 Å². The molecule has 0 spiro atoms. The predicted molar refractivity (Wildman–Crippen MR) is 120 cm³/mol. The SMILES string of the molecule is CCCCn1c(N)c(N(CCC)C(=O)c2nn(C)c(=O)c3ccccc23)c(=O)[nH]c1=O. The average Bonchev–Trinajstić information content (AvgIpc) is 2.75. The van der Waals surface area contributed by atoms with Crippen LogP contribution in [0.5, 0.6) is 0 Å². The molecule has 0 saturated carbocycles. The highest BCUT2D eigenvalue weighted by Gasteiger charge is 2.27. The third-order valence-electron chi connectivity index (χ3n) is 5.07. The number of benzene rings is 1. The van der Waals surface area contributed by atoms with Crippen molar-refractivity contribution in [3.63, 3.8) is 0 Å². The molecule has 10 nitrogen and oxygen atoms in total. The monoisotopic (exact) mass is 426 g/mol. The van der Waals surface area contributed by atoms with E-state index < -0.39 is 17.2 Å². The van der Waals surface area contributed by atoms with Crippen LogP contribution in [0.4, 0.5) is 11.5 Å². The Morgan fingerprint density at radius 3 is 2.45 bits per heavy atom. The topological polar surface area (TPSA) is 136 Å². The number of carbonyl (C=O) groups is 1. The number of carbonyl (C=O) groups excluding carboxylic acids is 1. The molecule has 3 rings (SSSR count). The van der Waals surface area contributed by atoms with Crippen molar-refractivity contribution in [3.8, 4) is 0 Å². The summed E-state index contributed by atoms with van der Waals surface area (Å²) >= 11 is 0. The van der Waals surface area contributed by atoms with Crippen molar-refractivity contribution in [3.05, 3.63) is 61.2 Å². The van der Waals surface area contributed by atoms with E-state index in [-0.39, 0.29) is 29.3 Å². The van der Waals surface area contributed by atoms with Crippen LogP contribution in [0, 0.1) is 0 Å². The molecule has 0 fully saturated rings. The van der Waals surface area contributed by atoms with Gasteiger partial charge in [-0.25, -0.2) is 9.48 Å². The maximum absolute atomic E-state index is 13.6. The number of nitrogens with one attached hydrogen (secondary N) is 1. The summed E-state index contributed by atoms with van der Waals surface area (Å²) in [5, 5.41) is 4.89. The first-order chi connectivity index (χ1) is 14.8. The van der Waals surface area contributed by atoms with Crippen LogP contribution in [0.3, 0.4) is 0 Å². The Morgan fingerprint density at radius 2 is 1.81 bits per heavy atom. The molecule has 2 heterocycles. The minimum absolute atomic E-state index is 0.0243. The number of fused-ring (bicyclic) bond motifs is 1. The van der Waals surface area contributed by atoms with Crippen molar-refractivity contribution in [2.24, 2.45) is 7.05 Å². The van der Waals surface area contributed by atoms with Gasteiger partial charge in [-0.15, -0.1) is 0 Å². The number of anilines is 2. The Hall–Kier alpha value is -3.69. The number of hydrogen-bond donors (Lipinski definition) is 2. The Balaban J connectivity index is 2.24. The van der Waals surface area contributed by atoms with Crippen LogP contribution < -0.4 is 27.4 Å². The van der Waals surface area contributed by atoms with Crippen LogP contribution in [-0.2, 0) is 13.6 Å². The van der Waals surface area contributed by atoms with Gasteiger partial charge in [0.2, 0.25) is 0 Å². The molecule has 0 bridgehead atoms. The number of aromatic amines is 1. The Bertz CT molecular complexity index is 1300. The lowest BCUT2D eigenvalue weighted by Gasteiger charge is -2.24. The minimum atomic E-state index is -0.744. The van der Waals surface area contributed by atoms with Gasteiger partial charge >= 0.3 is 5.69 Å². The molecule has 0 saturated heterocycles. The molecule has 1 aromatic carbocycles. The van der Waals surface area contributed by atoms with E-state index in [0.717, 1.165) is 11.1 Å². The summed E-state index contributed by atoms with van der Waals surface area (Å²) in [6.45, 7) is 4.32. The fourth-order valence-corrected chi connectivity index (χ4v) is 3.50. The second-order valence-corrected chi connectivity index (χ2v) is 7.28. The first kappa shape index (κ1) is 22.0. The fraction of sp³-hybridized carbons (Fsp3) is 0.381. The molecule has 0 aliphatic carbocycles. The number of aromatic nitrogens is 4. The lowest BCUT2D eigenvalue weighted by Crippen LogP contribution is -2.42. The molecule has 2 aromatic heterocycles. The molecule has 164 valence electrons. The largest absolute Gasteiger partial charge is 0.383 e. The fourth-order valence-electron chi connectivity index (χ4n) is 3.50. The number of H-pyrrole nitrogens is 1. The van der Waals surface area contributed by atoms with Gasteiger partial charge in [-0.1, -0.05) is 38.5 Å². The molecule has 0 unspecified atom stereocenters. The molecule has 31 heavy (non-hydrogen) atoms. The number of aryl methyl sites for hydroxylation is 1. The Kier molecular flexibility index (Phi) is 6.38. The number of nitrogens with zero attached hydrogens (tertiary/aromatic N) is 4. The summed E-state index contributed by atoms with van der Waals surface area (Å²) in [4.78, 5) is 54.5. The molecule has 10 heteroatoms. The number of rotatable bonds is 7. The van der Waals surface area contributed by atoms with Gasteiger partial charge in [0, 0.05) is 25.5 Å². The van der Waals surface area contributed by atoms with Crippen molar-refractivity contribution in [1.82, 2.24) is 19.3 Å². The van der Waals surface area contributed by atoms with Crippen molar-refractivity contribution in [2.75, 3.05) is 17.2 Å². The zero-order valence-electron chi connectivity index (χ0n) is 17.8. The normalized spacial score (nSPS) is 11.1. The van der Waals surface area contributed by atoms with Crippen LogP contribution >= 0.6 is 0 Å². The highest BCUT2D eigenvalue weighted by Crippen LogP contribution is 2.22. The molecular formula is C21H26N6O4. The smallest absolute Gasteiger partial charge is 0.330 e. The third-order valence-corrected chi connectivity index (χ3v) is 5.07. The first-order valence-corrected chi connectivity index (χ1v) is 10.2. The van der Waals surface area contributed by atoms with Crippen molar-refractivity contribution in [2.45, 2.75) is 39.7 Å². The van der Waals surface area contributed by atoms with Gasteiger partial charge in [-0.05, 0) is 18.9 Å². The molecule has 0 aliphatic rings. The minimum Gasteiger partial charge on any atom is -0.383 e. The van der Waals surface area contributed by atoms with Gasteiger partial charge in [0.15, 0.2) is 11.4 Å². The average molecular weight is 426 g/mol. The van der Waals surface area contributed by atoms with E-state index in [2.05, 4.69) is 10.1 Å².